The number of carbonyl (C=O) groups is 2. The molecule has 0 unspecified atom stereocenters. The zero-order valence-electron chi connectivity index (χ0n) is 16.6. The molecule has 1 aromatic heterocycles. The van der Waals surface area contributed by atoms with Gasteiger partial charge in [0.05, 0.1) is 11.0 Å². The number of imidazole rings is 1. The number of hydrogen-bond donors (Lipinski definition) is 1. The van der Waals surface area contributed by atoms with Gasteiger partial charge in [0, 0.05) is 18.3 Å². The van der Waals surface area contributed by atoms with Crippen molar-refractivity contribution in [2.45, 2.75) is 63.4 Å². The average Bonchev–Trinajstić information content (AvgIpc) is 3.37. The molecule has 1 amide bonds. The van der Waals surface area contributed by atoms with Crippen LogP contribution in [0.5, 0.6) is 0 Å². The number of benzene rings is 1. The molecule has 1 saturated carbocycles. The molecule has 1 fully saturated rings. The van der Waals surface area contributed by atoms with Crippen molar-refractivity contribution in [2.24, 2.45) is 0 Å². The molecular formula is C20H27N3O4S. The number of thioether (sulfide) groups is 1. The summed E-state index contributed by atoms with van der Waals surface area (Å²) in [4.78, 5) is 30.0. The maximum atomic E-state index is 12.4. The smallest absolute Gasteiger partial charge is 0.410 e. The van der Waals surface area contributed by atoms with E-state index in [0.717, 1.165) is 36.0 Å². The number of amides is 1. The first-order valence-corrected chi connectivity index (χ1v) is 10.5. The molecule has 152 valence electrons. The molecule has 3 rings (SSSR count). The lowest BCUT2D eigenvalue weighted by molar-refractivity contribution is -0.137. The second kappa shape index (κ2) is 8.43. The third-order valence-electron chi connectivity index (χ3n) is 4.30. The molecule has 0 saturated heterocycles. The normalized spacial score (nSPS) is 14.2. The largest absolute Gasteiger partial charge is 0.480 e. The van der Waals surface area contributed by atoms with Crippen LogP contribution in [0.1, 0.15) is 40.0 Å². The van der Waals surface area contributed by atoms with Crippen LogP contribution in [0.3, 0.4) is 0 Å². The Bertz CT molecular complexity index is 855. The molecule has 1 aliphatic rings. The molecule has 0 atom stereocenters. The molecule has 0 bridgehead atoms. The van der Waals surface area contributed by atoms with E-state index in [1.807, 2.05) is 49.9 Å². The maximum Gasteiger partial charge on any atom is 0.410 e. The van der Waals surface area contributed by atoms with E-state index in [0.29, 0.717) is 11.7 Å². The molecule has 1 aromatic carbocycles. The van der Waals surface area contributed by atoms with Gasteiger partial charge >= 0.3 is 12.1 Å². The number of nitrogens with zero attached hydrogens (tertiary/aromatic N) is 3. The molecule has 0 spiro atoms. The first-order chi connectivity index (χ1) is 13.2. The van der Waals surface area contributed by atoms with Crippen LogP contribution in [0.4, 0.5) is 4.79 Å². The van der Waals surface area contributed by atoms with E-state index in [1.165, 1.54) is 11.8 Å². The fraction of sp³-hybridized carbons (Fsp3) is 0.550. The van der Waals surface area contributed by atoms with E-state index in [9.17, 15) is 14.7 Å². The van der Waals surface area contributed by atoms with Crippen molar-refractivity contribution < 1.29 is 19.4 Å². The predicted octanol–water partition coefficient (Wildman–Crippen LogP) is 4.00. The number of carboxylic acids is 1. The fourth-order valence-corrected chi connectivity index (χ4v) is 3.92. The number of aliphatic carboxylic acids is 1. The van der Waals surface area contributed by atoms with Crippen molar-refractivity contribution >= 4 is 34.9 Å². The van der Waals surface area contributed by atoms with E-state index in [1.54, 1.807) is 4.57 Å². The Balaban J connectivity index is 1.60. The molecule has 8 heteroatoms. The van der Waals surface area contributed by atoms with E-state index < -0.39 is 11.6 Å². The van der Waals surface area contributed by atoms with Crippen LogP contribution in [0.15, 0.2) is 29.4 Å². The van der Waals surface area contributed by atoms with Gasteiger partial charge in [-0.1, -0.05) is 23.9 Å². The second-order valence-electron chi connectivity index (χ2n) is 7.97. The number of carbonyl (C=O) groups excluding carboxylic acids is 1. The molecule has 0 aliphatic heterocycles. The highest BCUT2D eigenvalue weighted by molar-refractivity contribution is 7.99. The summed E-state index contributed by atoms with van der Waals surface area (Å²) < 4.78 is 7.25. The SMILES string of the molecule is CC(C)(C)OC(=O)N(CCCSc1nc2ccccc2n1CC(=O)O)C1CC1. The minimum Gasteiger partial charge on any atom is -0.480 e. The lowest BCUT2D eigenvalue weighted by Crippen LogP contribution is -2.39. The third-order valence-corrected chi connectivity index (χ3v) is 5.37. The van der Waals surface area contributed by atoms with E-state index in [4.69, 9.17) is 4.74 Å². The minimum atomic E-state index is -0.894. The Morgan fingerprint density at radius 2 is 2.04 bits per heavy atom. The van der Waals surface area contributed by atoms with Crippen LogP contribution >= 0.6 is 11.8 Å². The van der Waals surface area contributed by atoms with E-state index in [-0.39, 0.29) is 18.7 Å². The van der Waals surface area contributed by atoms with Gasteiger partial charge in [0.25, 0.3) is 0 Å². The lowest BCUT2D eigenvalue weighted by Gasteiger charge is -2.27. The van der Waals surface area contributed by atoms with E-state index in [2.05, 4.69) is 4.98 Å². The third kappa shape index (κ3) is 5.41. The van der Waals surface area contributed by atoms with E-state index >= 15 is 0 Å². The Kier molecular flexibility index (Phi) is 6.17. The first kappa shape index (κ1) is 20.5. The quantitative estimate of drug-likeness (QED) is 0.528. The summed E-state index contributed by atoms with van der Waals surface area (Å²) in [6.07, 6.45) is 2.59. The van der Waals surface area contributed by atoms with Gasteiger partial charge in [-0.25, -0.2) is 9.78 Å². The van der Waals surface area contributed by atoms with Gasteiger partial charge in [-0.15, -0.1) is 0 Å². The number of aromatic nitrogens is 2. The Morgan fingerprint density at radius 1 is 1.32 bits per heavy atom. The highest BCUT2D eigenvalue weighted by atomic mass is 32.2. The maximum absolute atomic E-state index is 12.4. The number of rotatable bonds is 8. The molecule has 1 heterocycles. The minimum absolute atomic E-state index is 0.116. The summed E-state index contributed by atoms with van der Waals surface area (Å²) in [6, 6.07) is 7.83. The molecule has 2 aromatic rings. The second-order valence-corrected chi connectivity index (χ2v) is 9.03. The Labute approximate surface area is 169 Å². The van der Waals surface area contributed by atoms with Gasteiger partial charge in [-0.2, -0.15) is 0 Å². The van der Waals surface area contributed by atoms with Crippen molar-refractivity contribution in [1.82, 2.24) is 14.5 Å². The van der Waals surface area contributed by atoms with Crippen LogP contribution in [-0.4, -0.2) is 55.6 Å². The van der Waals surface area contributed by atoms with Crippen LogP contribution < -0.4 is 0 Å². The van der Waals surface area contributed by atoms with Crippen molar-refractivity contribution in [2.75, 3.05) is 12.3 Å². The van der Waals surface area contributed by atoms with Gasteiger partial charge in [-0.3, -0.25) is 4.79 Å². The summed E-state index contributed by atoms with van der Waals surface area (Å²) in [6.45, 7) is 6.14. The van der Waals surface area contributed by atoms with Crippen LogP contribution in [0, 0.1) is 0 Å². The summed E-state index contributed by atoms with van der Waals surface area (Å²) in [7, 11) is 0. The monoisotopic (exact) mass is 405 g/mol. The topological polar surface area (TPSA) is 84.7 Å². The highest BCUT2D eigenvalue weighted by Crippen LogP contribution is 2.29. The summed E-state index contributed by atoms with van der Waals surface area (Å²) in [5.74, 6) is -0.149. The molecule has 0 radical (unpaired) electrons. The first-order valence-electron chi connectivity index (χ1n) is 9.54. The van der Waals surface area contributed by atoms with Crippen LogP contribution in [0.25, 0.3) is 11.0 Å². The summed E-state index contributed by atoms with van der Waals surface area (Å²) in [5, 5.41) is 9.91. The summed E-state index contributed by atoms with van der Waals surface area (Å²) in [5.41, 5.74) is 1.11. The van der Waals surface area contributed by atoms with Crippen molar-refractivity contribution in [1.29, 1.82) is 0 Å². The van der Waals surface area contributed by atoms with Gasteiger partial charge in [0.2, 0.25) is 0 Å². The molecule has 1 N–H and O–H groups in total. The number of carboxylic acid groups (broad SMARTS) is 1. The molecule has 28 heavy (non-hydrogen) atoms. The van der Waals surface area contributed by atoms with Crippen LogP contribution in [-0.2, 0) is 16.1 Å². The number of para-hydroxylation sites is 2. The van der Waals surface area contributed by atoms with Gasteiger partial charge in [-0.05, 0) is 52.2 Å². The number of hydrogen-bond acceptors (Lipinski definition) is 5. The van der Waals surface area contributed by atoms with Crippen molar-refractivity contribution in [3.8, 4) is 0 Å². The summed E-state index contributed by atoms with van der Waals surface area (Å²) >= 11 is 1.52. The highest BCUT2D eigenvalue weighted by Gasteiger charge is 2.34. The molecule has 7 nitrogen and oxygen atoms in total. The number of fused-ring (bicyclic) bond motifs is 1. The van der Waals surface area contributed by atoms with Gasteiger partial charge in [0.15, 0.2) is 5.16 Å². The predicted molar refractivity (Wildman–Crippen MR) is 109 cm³/mol. The van der Waals surface area contributed by atoms with Crippen molar-refractivity contribution in [3.63, 3.8) is 0 Å². The average molecular weight is 406 g/mol. The van der Waals surface area contributed by atoms with Gasteiger partial charge in [0.1, 0.15) is 12.1 Å². The van der Waals surface area contributed by atoms with Gasteiger partial charge < -0.3 is 19.3 Å². The molecular weight excluding hydrogens is 378 g/mol. The fourth-order valence-electron chi connectivity index (χ4n) is 2.98. The zero-order chi connectivity index (χ0) is 20.3. The van der Waals surface area contributed by atoms with Crippen molar-refractivity contribution in [3.05, 3.63) is 24.3 Å². The Hall–Kier alpha value is -2.22. The number of ether oxygens (including phenoxy) is 1. The standard InChI is InChI=1S/C20H27N3O4S/c1-20(2,3)27-19(26)22(14-9-10-14)11-6-12-28-18-21-15-7-4-5-8-16(15)23(18)13-17(24)25/h4-5,7-8,14H,6,9-13H2,1-3H3,(H,24,25). The zero-order valence-corrected chi connectivity index (χ0v) is 17.4. The molecule has 1 aliphatic carbocycles. The van der Waals surface area contributed by atoms with Crippen LogP contribution in [0.2, 0.25) is 0 Å². The Morgan fingerprint density at radius 3 is 2.68 bits per heavy atom. The lowest BCUT2D eigenvalue weighted by atomic mass is 10.2.